The molecule has 7 heteroatoms. The lowest BCUT2D eigenvalue weighted by atomic mass is 10.3. The molecule has 0 saturated heterocycles. The average molecular weight is 331 g/mol. The standard InChI is InChI=1S/C16H17N3O3S/c1-3-5-14-18-19-15(20)8-11(17-16(19)23-14)10-22-13-7-4-6-12(9-13)21-2/h4,6-9H,3,5,10H2,1-2H3. The van der Waals surface area contributed by atoms with Gasteiger partial charge in [0.2, 0.25) is 4.96 Å². The SMILES string of the molecule is CCCc1nn2c(=O)cc(COc3cccc(OC)c3)nc2s1. The molecule has 120 valence electrons. The van der Waals surface area contributed by atoms with Crippen molar-refractivity contribution in [2.24, 2.45) is 0 Å². The molecular weight excluding hydrogens is 314 g/mol. The molecule has 0 atom stereocenters. The van der Waals surface area contributed by atoms with Crippen LogP contribution in [0, 0.1) is 0 Å². The number of rotatable bonds is 6. The largest absolute Gasteiger partial charge is 0.497 e. The third kappa shape index (κ3) is 3.50. The van der Waals surface area contributed by atoms with Crippen molar-refractivity contribution in [3.8, 4) is 11.5 Å². The topological polar surface area (TPSA) is 65.7 Å². The third-order valence-corrected chi connectivity index (χ3v) is 4.20. The molecule has 23 heavy (non-hydrogen) atoms. The maximum atomic E-state index is 12.1. The van der Waals surface area contributed by atoms with Gasteiger partial charge in [0.1, 0.15) is 23.1 Å². The maximum absolute atomic E-state index is 12.1. The molecular formula is C16H17N3O3S. The molecule has 0 aliphatic rings. The second-order valence-corrected chi connectivity index (χ2v) is 6.03. The van der Waals surface area contributed by atoms with Crippen LogP contribution in [0.25, 0.3) is 4.96 Å². The van der Waals surface area contributed by atoms with E-state index < -0.39 is 0 Å². The molecule has 0 fully saturated rings. The molecule has 2 aromatic heterocycles. The monoisotopic (exact) mass is 331 g/mol. The van der Waals surface area contributed by atoms with Crippen LogP contribution in [-0.2, 0) is 13.0 Å². The summed E-state index contributed by atoms with van der Waals surface area (Å²) < 4.78 is 12.2. The summed E-state index contributed by atoms with van der Waals surface area (Å²) in [4.78, 5) is 17.2. The minimum Gasteiger partial charge on any atom is -0.497 e. The Hall–Kier alpha value is -2.41. The second-order valence-electron chi connectivity index (χ2n) is 4.99. The molecule has 0 aliphatic heterocycles. The van der Waals surface area contributed by atoms with E-state index in [0.717, 1.165) is 23.6 Å². The highest BCUT2D eigenvalue weighted by Crippen LogP contribution is 2.20. The Kier molecular flexibility index (Phi) is 4.57. The number of fused-ring (bicyclic) bond motifs is 1. The van der Waals surface area contributed by atoms with Crippen LogP contribution in [0.5, 0.6) is 11.5 Å². The molecule has 0 radical (unpaired) electrons. The van der Waals surface area contributed by atoms with E-state index in [2.05, 4.69) is 17.0 Å². The number of hydrogen-bond donors (Lipinski definition) is 0. The zero-order valence-electron chi connectivity index (χ0n) is 13.0. The van der Waals surface area contributed by atoms with Gasteiger partial charge in [-0.25, -0.2) is 4.98 Å². The molecule has 0 bridgehead atoms. The molecule has 2 heterocycles. The van der Waals surface area contributed by atoms with Crippen molar-refractivity contribution in [1.82, 2.24) is 14.6 Å². The zero-order chi connectivity index (χ0) is 16.2. The highest BCUT2D eigenvalue weighted by atomic mass is 32.1. The van der Waals surface area contributed by atoms with E-state index in [4.69, 9.17) is 9.47 Å². The van der Waals surface area contributed by atoms with Crippen LogP contribution < -0.4 is 15.0 Å². The summed E-state index contributed by atoms with van der Waals surface area (Å²) in [5.74, 6) is 1.39. The summed E-state index contributed by atoms with van der Waals surface area (Å²) >= 11 is 1.44. The van der Waals surface area contributed by atoms with Crippen LogP contribution in [-0.4, -0.2) is 21.7 Å². The van der Waals surface area contributed by atoms with Crippen LogP contribution >= 0.6 is 11.3 Å². The van der Waals surface area contributed by atoms with E-state index in [9.17, 15) is 4.79 Å². The van der Waals surface area contributed by atoms with Crippen molar-refractivity contribution in [3.63, 3.8) is 0 Å². The predicted octanol–water partition coefficient (Wildman–Crippen LogP) is 2.69. The lowest BCUT2D eigenvalue weighted by Gasteiger charge is -2.07. The van der Waals surface area contributed by atoms with Crippen LogP contribution in [0.3, 0.4) is 0 Å². The van der Waals surface area contributed by atoms with Gasteiger partial charge in [0, 0.05) is 18.6 Å². The summed E-state index contributed by atoms with van der Waals surface area (Å²) in [7, 11) is 1.60. The zero-order valence-corrected chi connectivity index (χ0v) is 13.8. The molecule has 0 amide bonds. The molecule has 0 saturated carbocycles. The van der Waals surface area contributed by atoms with Crippen molar-refractivity contribution < 1.29 is 9.47 Å². The van der Waals surface area contributed by atoms with Gasteiger partial charge in [-0.15, -0.1) is 0 Å². The second kappa shape index (κ2) is 6.78. The van der Waals surface area contributed by atoms with Crippen LogP contribution in [0.4, 0.5) is 0 Å². The average Bonchev–Trinajstić information content (AvgIpc) is 2.97. The Bertz CT molecular complexity index is 872. The lowest BCUT2D eigenvalue weighted by Crippen LogP contribution is -2.16. The van der Waals surface area contributed by atoms with E-state index in [1.54, 1.807) is 13.2 Å². The third-order valence-electron chi connectivity index (χ3n) is 3.23. The molecule has 3 aromatic rings. The number of nitrogens with zero attached hydrogens (tertiary/aromatic N) is 3. The normalized spacial score (nSPS) is 10.9. The van der Waals surface area contributed by atoms with Crippen LogP contribution in [0.15, 0.2) is 35.1 Å². The molecule has 6 nitrogen and oxygen atoms in total. The first kappa shape index (κ1) is 15.5. The minimum absolute atomic E-state index is 0.183. The molecule has 0 spiro atoms. The summed E-state index contributed by atoms with van der Waals surface area (Å²) in [6.07, 6.45) is 1.84. The Labute approximate surface area is 137 Å². The van der Waals surface area contributed by atoms with Crippen molar-refractivity contribution in [2.75, 3.05) is 7.11 Å². The lowest BCUT2D eigenvalue weighted by molar-refractivity contribution is 0.299. The fourth-order valence-corrected chi connectivity index (χ4v) is 3.15. The van der Waals surface area contributed by atoms with Crippen LogP contribution in [0.2, 0.25) is 0 Å². The van der Waals surface area contributed by atoms with E-state index in [-0.39, 0.29) is 12.2 Å². The summed E-state index contributed by atoms with van der Waals surface area (Å²) in [6, 6.07) is 8.77. The van der Waals surface area contributed by atoms with Crippen molar-refractivity contribution in [2.45, 2.75) is 26.4 Å². The summed E-state index contributed by atoms with van der Waals surface area (Å²) in [5.41, 5.74) is 0.405. The van der Waals surface area contributed by atoms with Gasteiger partial charge >= 0.3 is 0 Å². The molecule has 1 aromatic carbocycles. The molecule has 0 N–H and O–H groups in total. The van der Waals surface area contributed by atoms with Gasteiger partial charge in [-0.1, -0.05) is 24.3 Å². The van der Waals surface area contributed by atoms with E-state index in [1.807, 2.05) is 18.2 Å². The number of hydrogen-bond acceptors (Lipinski definition) is 6. The van der Waals surface area contributed by atoms with Crippen molar-refractivity contribution in [3.05, 3.63) is 51.4 Å². The fraction of sp³-hybridized carbons (Fsp3) is 0.312. The maximum Gasteiger partial charge on any atom is 0.275 e. The van der Waals surface area contributed by atoms with Gasteiger partial charge < -0.3 is 9.47 Å². The van der Waals surface area contributed by atoms with Gasteiger partial charge in [-0.2, -0.15) is 9.61 Å². The molecule has 3 rings (SSSR count). The number of methoxy groups -OCH3 is 1. The van der Waals surface area contributed by atoms with Gasteiger partial charge in [0.15, 0.2) is 0 Å². The van der Waals surface area contributed by atoms with E-state index >= 15 is 0 Å². The summed E-state index contributed by atoms with van der Waals surface area (Å²) in [5, 5.41) is 5.21. The Morgan fingerprint density at radius 2 is 2.09 bits per heavy atom. The van der Waals surface area contributed by atoms with E-state index in [0.29, 0.717) is 16.4 Å². The number of aryl methyl sites for hydroxylation is 1. The number of ether oxygens (including phenoxy) is 2. The quantitative estimate of drug-likeness (QED) is 0.695. The van der Waals surface area contributed by atoms with Crippen molar-refractivity contribution >= 4 is 16.3 Å². The highest BCUT2D eigenvalue weighted by Gasteiger charge is 2.09. The van der Waals surface area contributed by atoms with Gasteiger partial charge in [-0.3, -0.25) is 4.79 Å². The smallest absolute Gasteiger partial charge is 0.275 e. The number of aromatic nitrogens is 3. The predicted molar refractivity (Wildman–Crippen MR) is 88.5 cm³/mol. The Morgan fingerprint density at radius 1 is 1.26 bits per heavy atom. The van der Waals surface area contributed by atoms with Gasteiger partial charge in [-0.05, 0) is 18.6 Å². The number of benzene rings is 1. The summed E-state index contributed by atoms with van der Waals surface area (Å²) in [6.45, 7) is 2.30. The minimum atomic E-state index is -0.183. The van der Waals surface area contributed by atoms with Crippen molar-refractivity contribution in [1.29, 1.82) is 0 Å². The first-order valence-electron chi connectivity index (χ1n) is 7.35. The molecule has 0 unspecified atom stereocenters. The van der Waals surface area contributed by atoms with E-state index in [1.165, 1.54) is 21.9 Å². The highest BCUT2D eigenvalue weighted by molar-refractivity contribution is 7.16. The van der Waals surface area contributed by atoms with Gasteiger partial charge in [0.05, 0.1) is 12.8 Å². The Balaban J connectivity index is 1.81. The van der Waals surface area contributed by atoms with Crippen LogP contribution in [0.1, 0.15) is 24.0 Å². The first-order chi connectivity index (χ1) is 11.2. The first-order valence-corrected chi connectivity index (χ1v) is 8.17. The van der Waals surface area contributed by atoms with Gasteiger partial charge in [0.25, 0.3) is 5.56 Å². The molecule has 0 aliphatic carbocycles. The Morgan fingerprint density at radius 3 is 2.87 bits per heavy atom. The fourth-order valence-electron chi connectivity index (χ4n) is 2.13.